The molecule has 0 bridgehead atoms. The summed E-state index contributed by atoms with van der Waals surface area (Å²) in [6.45, 7) is 5.88. The first-order valence-electron chi connectivity index (χ1n) is 29.2. The van der Waals surface area contributed by atoms with Gasteiger partial charge >= 0.3 is 17.9 Å². The first-order valence-corrected chi connectivity index (χ1v) is 29.2. The number of carbonyl (C=O) groups excluding carboxylic acids is 3. The average Bonchev–Trinajstić information content (AvgIpc) is 3.35. The molecule has 3 N–H and O–H groups in total. The van der Waals surface area contributed by atoms with Crippen molar-refractivity contribution in [2.45, 2.75) is 303 Å². The van der Waals surface area contributed by atoms with E-state index in [0.717, 1.165) is 77.0 Å². The molecule has 0 aliphatic carbocycles. The van der Waals surface area contributed by atoms with Crippen molar-refractivity contribution in [2.75, 3.05) is 26.4 Å². The second kappa shape index (κ2) is 59.8. The van der Waals surface area contributed by atoms with Crippen LogP contribution in [0.15, 0.2) is 36.5 Å². The number of ether oxygens (including phenoxy) is 3. The van der Waals surface area contributed by atoms with Crippen LogP contribution < -0.4 is 0 Å². The minimum atomic E-state index is -0.960. The maximum absolute atomic E-state index is 12.1. The van der Waals surface area contributed by atoms with E-state index in [9.17, 15) is 19.5 Å². The smallest absolute Gasteiger partial charge is 0.306 e. The number of rotatable bonds is 52. The van der Waals surface area contributed by atoms with Crippen LogP contribution in [0.2, 0.25) is 0 Å². The summed E-state index contributed by atoms with van der Waals surface area (Å²) in [6.07, 6.45) is 61.0. The van der Waals surface area contributed by atoms with Crippen LogP contribution in [0.4, 0.5) is 0 Å². The molecule has 0 aromatic heterocycles. The van der Waals surface area contributed by atoms with Gasteiger partial charge in [0.2, 0.25) is 0 Å². The minimum absolute atomic E-state index is 0.0709. The predicted molar refractivity (Wildman–Crippen MR) is 290 cm³/mol. The molecule has 2 atom stereocenters. The molecule has 9 nitrogen and oxygen atoms in total. The Balaban J connectivity index is 0. The maximum Gasteiger partial charge on any atom is 0.306 e. The Morgan fingerprint density at radius 1 is 0.348 bits per heavy atom. The lowest BCUT2D eigenvalue weighted by Crippen LogP contribution is -2.28. The Hall–Kier alpha value is -2.49. The molecule has 0 amide bonds. The van der Waals surface area contributed by atoms with Gasteiger partial charge in [0.05, 0.1) is 13.2 Å². The molecule has 0 saturated carbocycles. The van der Waals surface area contributed by atoms with Crippen LogP contribution in [0.25, 0.3) is 0 Å². The number of hydrogen-bond acceptors (Lipinski definition) is 9. The Morgan fingerprint density at radius 3 is 0.899 bits per heavy atom. The van der Waals surface area contributed by atoms with Gasteiger partial charge in [0.1, 0.15) is 19.3 Å². The highest BCUT2D eigenvalue weighted by molar-refractivity contribution is 5.70. The Morgan fingerprint density at radius 2 is 0.609 bits per heavy atom. The lowest BCUT2D eigenvalue weighted by Gasteiger charge is -2.15. The van der Waals surface area contributed by atoms with Gasteiger partial charge in [0.15, 0.2) is 6.10 Å². The lowest BCUT2D eigenvalue weighted by atomic mass is 10.1. The molecular weight excluding hydrogens is 865 g/mol. The summed E-state index contributed by atoms with van der Waals surface area (Å²) in [7, 11) is 0. The van der Waals surface area contributed by atoms with Crippen molar-refractivity contribution in [3.05, 3.63) is 36.5 Å². The van der Waals surface area contributed by atoms with E-state index < -0.39 is 12.2 Å². The van der Waals surface area contributed by atoms with Gasteiger partial charge in [-0.05, 0) is 96.3 Å². The van der Waals surface area contributed by atoms with E-state index >= 15 is 0 Å². The Kier molecular flexibility index (Phi) is 59.5. The van der Waals surface area contributed by atoms with Gasteiger partial charge in [0, 0.05) is 19.3 Å². The van der Waals surface area contributed by atoms with Crippen LogP contribution in [-0.4, -0.2) is 71.9 Å². The quantitative estimate of drug-likeness (QED) is 0.0235. The fourth-order valence-electron chi connectivity index (χ4n) is 7.96. The SMILES string of the molecule is CCCCCCCC/C=C\CCCCCCCC(=O)OCC(CO)OC(=O)CCCCCCC/C=C\CCCCCCCC.CCCCCCCC/C=C\CCCCCCCC(=O)OCC(O)CO. The summed E-state index contributed by atoms with van der Waals surface area (Å²) >= 11 is 0. The van der Waals surface area contributed by atoms with E-state index in [-0.39, 0.29) is 44.3 Å². The van der Waals surface area contributed by atoms with E-state index in [0.29, 0.717) is 19.3 Å². The van der Waals surface area contributed by atoms with Crippen LogP contribution in [0.1, 0.15) is 290 Å². The average molecular weight is 978 g/mol. The van der Waals surface area contributed by atoms with E-state index in [4.69, 9.17) is 24.4 Å². The van der Waals surface area contributed by atoms with Crippen molar-refractivity contribution >= 4 is 17.9 Å². The third-order valence-corrected chi connectivity index (χ3v) is 12.5. The van der Waals surface area contributed by atoms with E-state index in [1.165, 1.54) is 173 Å². The molecule has 0 saturated heterocycles. The molecule has 406 valence electrons. The van der Waals surface area contributed by atoms with E-state index in [1.54, 1.807) is 0 Å². The van der Waals surface area contributed by atoms with E-state index in [2.05, 4.69) is 57.2 Å². The summed E-state index contributed by atoms with van der Waals surface area (Å²) in [5, 5.41) is 27.2. The summed E-state index contributed by atoms with van der Waals surface area (Å²) in [4.78, 5) is 35.6. The molecule has 0 aliphatic rings. The monoisotopic (exact) mass is 977 g/mol. The largest absolute Gasteiger partial charge is 0.463 e. The highest BCUT2D eigenvalue weighted by atomic mass is 16.6. The van der Waals surface area contributed by atoms with E-state index in [1.807, 2.05) is 0 Å². The number of esters is 3. The van der Waals surface area contributed by atoms with Crippen LogP contribution in [0, 0.1) is 0 Å². The number of allylic oxidation sites excluding steroid dienone is 6. The summed E-state index contributed by atoms with van der Waals surface area (Å²) < 4.78 is 15.4. The molecule has 0 rings (SSSR count). The highest BCUT2D eigenvalue weighted by Gasteiger charge is 2.16. The van der Waals surface area contributed by atoms with Crippen molar-refractivity contribution < 1.29 is 43.9 Å². The number of hydrogen-bond donors (Lipinski definition) is 3. The van der Waals surface area contributed by atoms with Crippen molar-refractivity contribution in [3.63, 3.8) is 0 Å². The second-order valence-corrected chi connectivity index (χ2v) is 19.5. The van der Waals surface area contributed by atoms with Crippen LogP contribution >= 0.6 is 0 Å². The molecule has 2 unspecified atom stereocenters. The number of aliphatic hydroxyl groups is 3. The van der Waals surface area contributed by atoms with Gasteiger partial charge in [-0.15, -0.1) is 0 Å². The normalized spacial score (nSPS) is 12.4. The molecule has 0 heterocycles. The number of unbranched alkanes of at least 4 members (excludes halogenated alkanes) is 33. The number of carbonyl (C=O) groups is 3. The van der Waals surface area contributed by atoms with Crippen LogP contribution in [-0.2, 0) is 28.6 Å². The molecular formula is C60H112O9. The van der Waals surface area contributed by atoms with Gasteiger partial charge in [0.25, 0.3) is 0 Å². The molecule has 0 aromatic carbocycles. The van der Waals surface area contributed by atoms with Gasteiger partial charge in [-0.1, -0.05) is 211 Å². The van der Waals surface area contributed by atoms with Gasteiger partial charge in [-0.2, -0.15) is 0 Å². The van der Waals surface area contributed by atoms with Crippen LogP contribution in [0.3, 0.4) is 0 Å². The first-order chi connectivity index (χ1) is 33.8. The molecule has 0 aliphatic heterocycles. The molecule has 9 heteroatoms. The maximum atomic E-state index is 12.1. The van der Waals surface area contributed by atoms with Gasteiger partial charge in [-0.3, -0.25) is 14.4 Å². The topological polar surface area (TPSA) is 140 Å². The van der Waals surface area contributed by atoms with Gasteiger partial charge in [-0.25, -0.2) is 0 Å². The van der Waals surface area contributed by atoms with Crippen molar-refractivity contribution in [2.24, 2.45) is 0 Å². The summed E-state index contributed by atoms with van der Waals surface area (Å²) in [6, 6.07) is 0. The molecule has 0 aromatic rings. The Bertz CT molecular complexity index is 1150. The van der Waals surface area contributed by atoms with Crippen LogP contribution in [0.5, 0.6) is 0 Å². The molecule has 0 fully saturated rings. The predicted octanol–water partition coefficient (Wildman–Crippen LogP) is 16.4. The zero-order chi connectivity index (χ0) is 50.8. The third kappa shape index (κ3) is 59.7. The standard InChI is InChI=1S/C39H72O5.C21H40O4/c1-3-5-7-9-11-13-15-17-19-21-23-25-27-29-31-33-38(41)43-36-37(35-40)44-39(42)34-32-30-28-26-24-22-20-18-16-14-12-10-8-6-4-2;1-2-3-4-5-6-7-8-9-10-11-12-13-14-15-16-17-21(24)25-19-20(23)18-22/h17-20,37,40H,3-16,21-36H2,1-2H3;9-10,20,22-23H,2-8,11-19H2,1H3/b19-17-,20-18-;10-9-. The molecule has 0 spiro atoms. The second-order valence-electron chi connectivity index (χ2n) is 19.5. The fraction of sp³-hybridized carbons (Fsp3) is 0.850. The van der Waals surface area contributed by atoms with Gasteiger partial charge < -0.3 is 29.5 Å². The molecule has 69 heavy (non-hydrogen) atoms. The zero-order valence-corrected chi connectivity index (χ0v) is 45.4. The lowest BCUT2D eigenvalue weighted by molar-refractivity contribution is -0.161. The molecule has 0 radical (unpaired) electrons. The Labute approximate surface area is 425 Å². The minimum Gasteiger partial charge on any atom is -0.463 e. The first kappa shape index (κ1) is 68.6. The number of aliphatic hydroxyl groups excluding tert-OH is 3. The summed E-state index contributed by atoms with van der Waals surface area (Å²) in [5.74, 6) is -0.894. The van der Waals surface area contributed by atoms with Crippen molar-refractivity contribution in [1.82, 2.24) is 0 Å². The summed E-state index contributed by atoms with van der Waals surface area (Å²) in [5.41, 5.74) is 0. The van der Waals surface area contributed by atoms with Crippen molar-refractivity contribution in [3.8, 4) is 0 Å². The fourth-order valence-corrected chi connectivity index (χ4v) is 7.96. The zero-order valence-electron chi connectivity index (χ0n) is 45.4. The van der Waals surface area contributed by atoms with Crippen molar-refractivity contribution in [1.29, 1.82) is 0 Å². The highest BCUT2D eigenvalue weighted by Crippen LogP contribution is 2.14. The third-order valence-electron chi connectivity index (χ3n) is 12.5.